The third-order valence-electron chi connectivity index (χ3n) is 2.26. The van der Waals surface area contributed by atoms with Gasteiger partial charge >= 0.3 is 0 Å². The van der Waals surface area contributed by atoms with E-state index in [2.05, 4.69) is 4.72 Å². The van der Waals surface area contributed by atoms with Crippen molar-refractivity contribution in [1.82, 2.24) is 4.72 Å². The quantitative estimate of drug-likeness (QED) is 0.752. The molecule has 0 fully saturated rings. The molecule has 1 rings (SSSR count). The summed E-state index contributed by atoms with van der Waals surface area (Å²) in [4.78, 5) is -0.267. The van der Waals surface area contributed by atoms with E-state index in [0.717, 1.165) is 24.3 Å². The van der Waals surface area contributed by atoms with Crippen molar-refractivity contribution in [3.8, 4) is 0 Å². The third kappa shape index (κ3) is 5.13. The highest BCUT2D eigenvalue weighted by molar-refractivity contribution is 8.13. The van der Waals surface area contributed by atoms with Crippen molar-refractivity contribution in [3.05, 3.63) is 24.3 Å². The zero-order valence-corrected chi connectivity index (χ0v) is 13.9. The molecule has 114 valence electrons. The molecule has 0 spiro atoms. The topological polar surface area (TPSA) is 97.4 Å². The summed E-state index contributed by atoms with van der Waals surface area (Å²) in [5, 5.41) is 0. The van der Waals surface area contributed by atoms with Crippen molar-refractivity contribution in [3.63, 3.8) is 0 Å². The van der Waals surface area contributed by atoms with E-state index in [-0.39, 0.29) is 15.5 Å². The first kappa shape index (κ1) is 17.6. The zero-order valence-electron chi connectivity index (χ0n) is 10.7. The number of sulfonamides is 1. The summed E-state index contributed by atoms with van der Waals surface area (Å²) in [5.41, 5.74) is 0. The highest BCUT2D eigenvalue weighted by Gasteiger charge is 2.19. The number of hydrogen-bond donors (Lipinski definition) is 1. The van der Waals surface area contributed by atoms with Gasteiger partial charge in [-0.25, -0.2) is 21.6 Å². The second-order valence-corrected chi connectivity index (χ2v) is 9.93. The Labute approximate surface area is 125 Å². The average Bonchev–Trinajstić information content (AvgIpc) is 2.26. The monoisotopic (exact) mass is 359 g/mol. The SMILES string of the molecule is CC(CS(C)=O)NS(=O)(=O)c1ccc(S(=O)(=O)Cl)cc1. The second kappa shape index (κ2) is 6.52. The molecule has 2 unspecified atom stereocenters. The fraction of sp³-hybridized carbons (Fsp3) is 0.400. The van der Waals surface area contributed by atoms with Crippen LogP contribution in [0.5, 0.6) is 0 Å². The fourth-order valence-corrected chi connectivity index (χ4v) is 4.41. The van der Waals surface area contributed by atoms with E-state index in [1.807, 2.05) is 0 Å². The Balaban J connectivity index is 2.96. The van der Waals surface area contributed by atoms with Crippen LogP contribution in [-0.4, -0.2) is 39.1 Å². The number of hydrogen-bond acceptors (Lipinski definition) is 5. The predicted molar refractivity (Wildman–Crippen MR) is 78.2 cm³/mol. The van der Waals surface area contributed by atoms with Crippen LogP contribution in [0.25, 0.3) is 0 Å². The van der Waals surface area contributed by atoms with Crippen molar-refractivity contribution in [2.45, 2.75) is 22.8 Å². The van der Waals surface area contributed by atoms with Crippen LogP contribution in [0.2, 0.25) is 0 Å². The van der Waals surface area contributed by atoms with Crippen LogP contribution < -0.4 is 4.72 Å². The van der Waals surface area contributed by atoms with Crippen LogP contribution in [0.4, 0.5) is 0 Å². The minimum atomic E-state index is -3.89. The Morgan fingerprint density at radius 1 is 1.15 bits per heavy atom. The van der Waals surface area contributed by atoms with E-state index in [1.165, 1.54) is 6.26 Å². The summed E-state index contributed by atoms with van der Waals surface area (Å²) in [7, 11) is -3.66. The first-order chi connectivity index (χ1) is 9.02. The number of rotatable bonds is 6. The Bertz CT molecular complexity index is 697. The first-order valence-corrected chi connectivity index (χ1v) is 10.9. The second-order valence-electron chi connectivity index (χ2n) is 4.17. The smallest absolute Gasteiger partial charge is 0.260 e. The highest BCUT2D eigenvalue weighted by Crippen LogP contribution is 2.17. The Kier molecular flexibility index (Phi) is 5.73. The lowest BCUT2D eigenvalue weighted by atomic mass is 10.4. The Morgan fingerprint density at radius 3 is 2.00 bits per heavy atom. The van der Waals surface area contributed by atoms with Gasteiger partial charge in [-0.3, -0.25) is 4.21 Å². The average molecular weight is 360 g/mol. The largest absolute Gasteiger partial charge is 0.261 e. The molecule has 0 amide bonds. The standard InChI is InChI=1S/C10H14ClNO5S3/c1-8(7-18(2)13)12-20(16,17)10-5-3-9(4-6-10)19(11,14)15/h3-6,8,12H,7H2,1-2H3. The maximum Gasteiger partial charge on any atom is 0.261 e. The molecule has 10 heteroatoms. The predicted octanol–water partition coefficient (Wildman–Crippen LogP) is 0.659. The van der Waals surface area contributed by atoms with E-state index in [9.17, 15) is 21.0 Å². The van der Waals surface area contributed by atoms with E-state index < -0.39 is 35.9 Å². The summed E-state index contributed by atoms with van der Waals surface area (Å²) in [5.74, 6) is 0.188. The lowest BCUT2D eigenvalue weighted by Gasteiger charge is -2.13. The molecule has 0 aromatic heterocycles. The van der Waals surface area contributed by atoms with Gasteiger partial charge in [-0.2, -0.15) is 0 Å². The molecule has 1 aromatic carbocycles. The van der Waals surface area contributed by atoms with Gasteiger partial charge in [0.25, 0.3) is 9.05 Å². The molecule has 1 aromatic rings. The summed E-state index contributed by atoms with van der Waals surface area (Å²) in [6, 6.07) is 4.02. The van der Waals surface area contributed by atoms with Gasteiger partial charge in [0.05, 0.1) is 9.79 Å². The lowest BCUT2D eigenvalue weighted by Crippen LogP contribution is -2.36. The molecule has 0 saturated heterocycles. The minimum absolute atomic E-state index is 0.0877. The summed E-state index contributed by atoms with van der Waals surface area (Å²) < 4.78 is 59.5. The first-order valence-electron chi connectivity index (χ1n) is 5.39. The van der Waals surface area contributed by atoms with Crippen molar-refractivity contribution in [2.75, 3.05) is 12.0 Å². The molecular formula is C10H14ClNO5S3. The minimum Gasteiger partial charge on any atom is -0.260 e. The van der Waals surface area contributed by atoms with Gasteiger partial charge in [0, 0.05) is 39.5 Å². The zero-order chi connectivity index (χ0) is 15.6. The Morgan fingerprint density at radius 2 is 1.60 bits per heavy atom. The van der Waals surface area contributed by atoms with E-state index in [1.54, 1.807) is 6.92 Å². The van der Waals surface area contributed by atoms with Crippen LogP contribution in [0.1, 0.15) is 6.92 Å². The summed E-state index contributed by atoms with van der Waals surface area (Å²) in [6.45, 7) is 1.59. The number of halogens is 1. The molecule has 0 heterocycles. The molecule has 6 nitrogen and oxygen atoms in total. The highest BCUT2D eigenvalue weighted by atomic mass is 35.7. The molecule has 0 aliphatic heterocycles. The van der Waals surface area contributed by atoms with Crippen LogP contribution >= 0.6 is 10.7 Å². The lowest BCUT2D eigenvalue weighted by molar-refractivity contribution is 0.569. The summed E-state index contributed by atoms with van der Waals surface area (Å²) in [6.07, 6.45) is 1.48. The van der Waals surface area contributed by atoms with Crippen molar-refractivity contribution in [1.29, 1.82) is 0 Å². The maximum absolute atomic E-state index is 12.0. The normalized spacial score (nSPS) is 15.8. The van der Waals surface area contributed by atoms with Gasteiger partial charge in [-0.15, -0.1) is 0 Å². The van der Waals surface area contributed by atoms with Crippen molar-refractivity contribution < 1.29 is 21.0 Å². The molecule has 1 N–H and O–H groups in total. The molecule has 0 aliphatic carbocycles. The number of benzene rings is 1. The van der Waals surface area contributed by atoms with Gasteiger partial charge in [0.1, 0.15) is 0 Å². The molecule has 0 radical (unpaired) electrons. The summed E-state index contributed by atoms with van der Waals surface area (Å²) >= 11 is 0. The van der Waals surface area contributed by atoms with Gasteiger partial charge in [0.2, 0.25) is 10.0 Å². The van der Waals surface area contributed by atoms with Crippen LogP contribution in [0, 0.1) is 0 Å². The van der Waals surface area contributed by atoms with Gasteiger partial charge in [-0.05, 0) is 31.2 Å². The van der Waals surface area contributed by atoms with Crippen molar-refractivity contribution in [2.24, 2.45) is 0 Å². The van der Waals surface area contributed by atoms with E-state index in [4.69, 9.17) is 10.7 Å². The Hall–Kier alpha value is -0.480. The number of nitrogens with one attached hydrogen (secondary N) is 1. The van der Waals surface area contributed by atoms with Crippen molar-refractivity contribution >= 4 is 40.6 Å². The maximum atomic E-state index is 12.0. The molecule has 0 bridgehead atoms. The van der Waals surface area contributed by atoms with E-state index >= 15 is 0 Å². The molecule has 0 aliphatic rings. The molecule has 20 heavy (non-hydrogen) atoms. The molecule has 0 saturated carbocycles. The van der Waals surface area contributed by atoms with Crippen LogP contribution in [0.15, 0.2) is 34.1 Å². The van der Waals surface area contributed by atoms with Crippen LogP contribution in [-0.2, 0) is 29.9 Å². The van der Waals surface area contributed by atoms with E-state index in [0.29, 0.717) is 0 Å². The molecular weight excluding hydrogens is 346 g/mol. The molecule has 2 atom stereocenters. The van der Waals surface area contributed by atoms with Crippen LogP contribution in [0.3, 0.4) is 0 Å². The van der Waals surface area contributed by atoms with Gasteiger partial charge in [0.15, 0.2) is 0 Å². The van der Waals surface area contributed by atoms with Gasteiger partial charge < -0.3 is 0 Å². The van der Waals surface area contributed by atoms with Gasteiger partial charge in [-0.1, -0.05) is 0 Å². The third-order valence-corrected chi connectivity index (χ3v) is 6.20. The fourth-order valence-electron chi connectivity index (χ4n) is 1.50.